The number of nitrogens with zero attached hydrogens (tertiary/aromatic N) is 2. The van der Waals surface area contributed by atoms with Crippen LogP contribution in [-0.2, 0) is 4.79 Å². The van der Waals surface area contributed by atoms with Crippen LogP contribution in [0.3, 0.4) is 0 Å². The van der Waals surface area contributed by atoms with Crippen LogP contribution < -0.4 is 0 Å². The molecule has 2 aromatic carbocycles. The Morgan fingerprint density at radius 1 is 0.926 bits per heavy atom. The maximum Gasteiger partial charge on any atom is 0.328 e. The van der Waals surface area contributed by atoms with Gasteiger partial charge in [0.15, 0.2) is 0 Å². The lowest BCUT2D eigenvalue weighted by atomic mass is 10.0. The first kappa shape index (κ1) is 16.8. The first-order valence-electron chi connectivity index (χ1n) is 8.67. The highest BCUT2D eigenvalue weighted by atomic mass is 16.4. The number of aryl methyl sites for hydroxylation is 1. The maximum absolute atomic E-state index is 11.0. The van der Waals surface area contributed by atoms with Crippen LogP contribution in [0.1, 0.15) is 11.3 Å². The van der Waals surface area contributed by atoms with E-state index in [1.54, 1.807) is 6.08 Å². The summed E-state index contributed by atoms with van der Waals surface area (Å²) in [5.74, 6) is -0.983. The fraction of sp³-hybridized carbons (Fsp3) is 0.0435. The Morgan fingerprint density at radius 3 is 2.30 bits per heavy atom. The number of carboxylic acids is 1. The number of fused-ring (bicyclic) bond motifs is 1. The van der Waals surface area contributed by atoms with Gasteiger partial charge in [-0.3, -0.25) is 4.40 Å². The Balaban J connectivity index is 1.83. The lowest BCUT2D eigenvalue weighted by molar-refractivity contribution is -0.131. The van der Waals surface area contributed by atoms with Crippen molar-refractivity contribution in [1.29, 1.82) is 0 Å². The van der Waals surface area contributed by atoms with E-state index >= 15 is 0 Å². The van der Waals surface area contributed by atoms with Crippen LogP contribution in [0.25, 0.3) is 34.1 Å². The fourth-order valence-corrected chi connectivity index (χ4v) is 3.14. The van der Waals surface area contributed by atoms with E-state index < -0.39 is 5.97 Å². The zero-order valence-electron chi connectivity index (χ0n) is 14.8. The van der Waals surface area contributed by atoms with Gasteiger partial charge < -0.3 is 5.11 Å². The highest BCUT2D eigenvalue weighted by Crippen LogP contribution is 2.28. The summed E-state index contributed by atoms with van der Waals surface area (Å²) in [5, 5.41) is 9.05. The zero-order chi connectivity index (χ0) is 18.8. The van der Waals surface area contributed by atoms with E-state index in [4.69, 9.17) is 10.1 Å². The summed E-state index contributed by atoms with van der Waals surface area (Å²) in [6.45, 7) is 2.00. The standard InChI is InChI=1S/C23H18N2O2/c1-16-7-13-21-24-23(20(25(21)15-16)12-14-22(26)27)19-10-8-18(9-11-19)17-5-3-2-4-6-17/h2-15H,1H3,(H,26,27)/b14-12+. The molecule has 132 valence electrons. The van der Waals surface area contributed by atoms with Crippen molar-refractivity contribution in [2.45, 2.75) is 6.92 Å². The molecule has 0 bridgehead atoms. The molecular weight excluding hydrogens is 336 g/mol. The summed E-state index contributed by atoms with van der Waals surface area (Å²) in [6, 6.07) is 22.3. The van der Waals surface area contributed by atoms with Gasteiger partial charge in [0.2, 0.25) is 0 Å². The van der Waals surface area contributed by atoms with Crippen molar-refractivity contribution >= 4 is 17.7 Å². The van der Waals surface area contributed by atoms with Crippen molar-refractivity contribution in [1.82, 2.24) is 9.38 Å². The number of carboxylic acid groups (broad SMARTS) is 1. The molecule has 0 atom stereocenters. The highest BCUT2D eigenvalue weighted by Gasteiger charge is 2.13. The van der Waals surface area contributed by atoms with Crippen molar-refractivity contribution in [3.63, 3.8) is 0 Å². The number of pyridine rings is 1. The summed E-state index contributed by atoms with van der Waals surface area (Å²) in [6.07, 6.45) is 4.71. The van der Waals surface area contributed by atoms with Crippen molar-refractivity contribution < 1.29 is 9.90 Å². The molecule has 4 aromatic rings. The van der Waals surface area contributed by atoms with Gasteiger partial charge in [0.05, 0.1) is 11.4 Å². The molecule has 2 heterocycles. The molecule has 2 aromatic heterocycles. The molecule has 1 N–H and O–H groups in total. The number of hydrogen-bond donors (Lipinski definition) is 1. The predicted molar refractivity (Wildman–Crippen MR) is 107 cm³/mol. The topological polar surface area (TPSA) is 54.6 Å². The molecule has 0 aliphatic rings. The second-order valence-electron chi connectivity index (χ2n) is 6.40. The molecular formula is C23H18N2O2. The van der Waals surface area contributed by atoms with Gasteiger partial charge >= 0.3 is 5.97 Å². The number of aromatic nitrogens is 2. The predicted octanol–water partition coefficient (Wildman–Crippen LogP) is 5.07. The van der Waals surface area contributed by atoms with Gasteiger partial charge in [0, 0.05) is 17.8 Å². The van der Waals surface area contributed by atoms with Crippen LogP contribution in [-0.4, -0.2) is 20.5 Å². The number of benzene rings is 2. The molecule has 4 nitrogen and oxygen atoms in total. The molecule has 0 unspecified atom stereocenters. The van der Waals surface area contributed by atoms with Crippen LogP contribution in [0, 0.1) is 6.92 Å². The average Bonchev–Trinajstić information content (AvgIpc) is 3.05. The average molecular weight is 354 g/mol. The minimum absolute atomic E-state index is 0.753. The maximum atomic E-state index is 11.0. The molecule has 0 saturated carbocycles. The lowest BCUT2D eigenvalue weighted by Crippen LogP contribution is -1.92. The number of rotatable bonds is 4. The summed E-state index contributed by atoms with van der Waals surface area (Å²) in [7, 11) is 0. The van der Waals surface area contributed by atoms with Gasteiger partial charge in [-0.1, -0.05) is 60.7 Å². The van der Waals surface area contributed by atoms with E-state index in [1.165, 1.54) is 0 Å². The Hall–Kier alpha value is -3.66. The fourth-order valence-electron chi connectivity index (χ4n) is 3.14. The molecule has 0 aliphatic heterocycles. The van der Waals surface area contributed by atoms with Gasteiger partial charge in [0.1, 0.15) is 5.65 Å². The van der Waals surface area contributed by atoms with Crippen molar-refractivity contribution in [2.75, 3.05) is 0 Å². The van der Waals surface area contributed by atoms with Gasteiger partial charge in [-0.05, 0) is 35.8 Å². The lowest BCUT2D eigenvalue weighted by Gasteiger charge is -2.04. The molecule has 0 aliphatic carbocycles. The molecule has 4 rings (SSSR count). The Bertz CT molecular complexity index is 1140. The van der Waals surface area contributed by atoms with E-state index in [1.807, 2.05) is 60.0 Å². The molecule has 27 heavy (non-hydrogen) atoms. The second kappa shape index (κ2) is 6.92. The third-order valence-corrected chi connectivity index (χ3v) is 4.45. The second-order valence-corrected chi connectivity index (χ2v) is 6.40. The van der Waals surface area contributed by atoms with Crippen LogP contribution in [0.15, 0.2) is 79.0 Å². The van der Waals surface area contributed by atoms with Gasteiger partial charge in [-0.15, -0.1) is 0 Å². The Labute approximate surface area is 157 Å². The van der Waals surface area contributed by atoms with Gasteiger partial charge in [-0.2, -0.15) is 0 Å². The molecule has 0 fully saturated rings. The Morgan fingerprint density at radius 2 is 1.59 bits per heavy atom. The summed E-state index contributed by atoms with van der Waals surface area (Å²) < 4.78 is 1.93. The van der Waals surface area contributed by atoms with E-state index in [-0.39, 0.29) is 0 Å². The highest BCUT2D eigenvalue weighted by molar-refractivity contribution is 5.87. The largest absolute Gasteiger partial charge is 0.478 e. The molecule has 4 heteroatoms. The van der Waals surface area contributed by atoms with E-state index in [2.05, 4.69) is 24.3 Å². The normalized spacial score (nSPS) is 11.3. The third kappa shape index (κ3) is 3.37. The van der Waals surface area contributed by atoms with Gasteiger partial charge in [0.25, 0.3) is 0 Å². The molecule has 0 amide bonds. The monoisotopic (exact) mass is 354 g/mol. The number of aliphatic carboxylic acids is 1. The first-order chi connectivity index (χ1) is 13.1. The number of hydrogen-bond acceptors (Lipinski definition) is 2. The molecule has 0 radical (unpaired) electrons. The van der Waals surface area contributed by atoms with Crippen molar-refractivity contribution in [3.8, 4) is 22.4 Å². The van der Waals surface area contributed by atoms with Crippen LogP contribution in [0.2, 0.25) is 0 Å². The minimum Gasteiger partial charge on any atom is -0.478 e. The van der Waals surface area contributed by atoms with Gasteiger partial charge in [-0.25, -0.2) is 9.78 Å². The van der Waals surface area contributed by atoms with Crippen LogP contribution in [0.5, 0.6) is 0 Å². The number of carbonyl (C=O) groups is 1. The first-order valence-corrected chi connectivity index (χ1v) is 8.67. The SMILES string of the molecule is Cc1ccc2nc(-c3ccc(-c4ccccc4)cc3)c(/C=C/C(=O)O)n2c1. The summed E-state index contributed by atoms with van der Waals surface area (Å²) in [5.41, 5.74) is 6.60. The van der Waals surface area contributed by atoms with Crippen molar-refractivity contribution in [2.24, 2.45) is 0 Å². The number of imidazole rings is 1. The van der Waals surface area contributed by atoms with Crippen molar-refractivity contribution in [3.05, 3.63) is 90.3 Å². The third-order valence-electron chi connectivity index (χ3n) is 4.45. The van der Waals surface area contributed by atoms with Crippen LogP contribution in [0.4, 0.5) is 0 Å². The quantitative estimate of drug-likeness (QED) is 0.520. The van der Waals surface area contributed by atoms with Crippen LogP contribution >= 0.6 is 0 Å². The minimum atomic E-state index is -0.983. The van der Waals surface area contributed by atoms with E-state index in [0.29, 0.717) is 0 Å². The molecule has 0 saturated heterocycles. The molecule has 0 spiro atoms. The smallest absolute Gasteiger partial charge is 0.328 e. The summed E-state index contributed by atoms with van der Waals surface area (Å²) >= 11 is 0. The van der Waals surface area contributed by atoms with E-state index in [0.717, 1.165) is 45.4 Å². The van der Waals surface area contributed by atoms with E-state index in [9.17, 15) is 4.79 Å². The zero-order valence-corrected chi connectivity index (χ0v) is 14.8. The Kier molecular flexibility index (Phi) is 4.30. The summed E-state index contributed by atoms with van der Waals surface area (Å²) in [4.78, 5) is 15.8.